The molecular formula is C9H13NO2W2. The first kappa shape index (κ1) is 16.9. The van der Waals surface area contributed by atoms with Gasteiger partial charge in [-0.2, -0.15) is 0 Å². The second-order valence-electron chi connectivity index (χ2n) is 2.60. The third-order valence-corrected chi connectivity index (χ3v) is 1.50. The Balaban J connectivity index is 0. The molecule has 3 nitrogen and oxygen atoms in total. The fourth-order valence-electron chi connectivity index (χ4n) is 0.941. The topological polar surface area (TPSA) is 52.5 Å². The third-order valence-electron chi connectivity index (χ3n) is 1.50. The molecule has 0 aliphatic rings. The number of hydrogen-bond donors (Lipinski definition) is 3. The van der Waals surface area contributed by atoms with Crippen LogP contribution in [0.5, 0.6) is 0 Å². The van der Waals surface area contributed by atoms with Crippen molar-refractivity contribution in [3.8, 4) is 0 Å². The summed E-state index contributed by atoms with van der Waals surface area (Å²) in [5, 5.41) is 19.9. The van der Waals surface area contributed by atoms with Crippen LogP contribution in [0.3, 0.4) is 0 Å². The summed E-state index contributed by atoms with van der Waals surface area (Å²) in [5.41, 5.74) is 1.14. The van der Waals surface area contributed by atoms with Crippen molar-refractivity contribution in [3.63, 3.8) is 0 Å². The number of aliphatic hydroxyl groups excluding tert-OH is 1. The first-order valence-corrected chi connectivity index (χ1v) is 3.90. The molecule has 0 heterocycles. The molecule has 0 saturated heterocycles. The van der Waals surface area contributed by atoms with Crippen LogP contribution in [-0.2, 0) is 48.7 Å². The Morgan fingerprint density at radius 1 is 1.07 bits per heavy atom. The molecule has 5 heteroatoms. The summed E-state index contributed by atoms with van der Waals surface area (Å²) in [4.78, 5) is 0. The smallest absolute Gasteiger partial charge is 0.164 e. The molecule has 0 saturated carbocycles. The molecule has 0 bridgehead atoms. The molecule has 0 spiro atoms. The maximum atomic E-state index is 8.52. The molecule has 1 rings (SSSR count). The summed E-state index contributed by atoms with van der Waals surface area (Å²) < 4.78 is 0. The van der Waals surface area contributed by atoms with Gasteiger partial charge in [-0.25, -0.2) is 0 Å². The monoisotopic (exact) mass is 535 g/mol. The molecule has 3 N–H and O–H groups in total. The summed E-state index contributed by atoms with van der Waals surface area (Å²) in [5.74, 6) is 0. The molecule has 0 aromatic heterocycles. The summed E-state index contributed by atoms with van der Waals surface area (Å²) in [7, 11) is 0. The van der Waals surface area contributed by atoms with Crippen LogP contribution in [0.25, 0.3) is 0 Å². The van der Waals surface area contributed by atoms with Crippen LogP contribution in [0.4, 0.5) is 0 Å². The minimum atomic E-state index is -1.27. The van der Waals surface area contributed by atoms with Crippen molar-refractivity contribution in [2.75, 3.05) is 6.54 Å². The number of nitrogens with one attached hydrogen (secondary N) is 1. The molecule has 0 amide bonds. The first-order valence-electron chi connectivity index (χ1n) is 3.90. The Hall–Kier alpha value is 0.477. The predicted molar refractivity (Wildman–Crippen MR) is 46.4 cm³/mol. The average molecular weight is 535 g/mol. The number of benzene rings is 1. The van der Waals surface area contributed by atoms with Crippen molar-refractivity contribution in [2.24, 2.45) is 0 Å². The molecular weight excluding hydrogens is 522 g/mol. The molecule has 0 aliphatic heterocycles. The van der Waals surface area contributed by atoms with E-state index in [4.69, 9.17) is 10.2 Å². The molecule has 0 fully saturated rings. The van der Waals surface area contributed by atoms with Gasteiger partial charge in [0.15, 0.2) is 6.29 Å². The molecule has 14 heavy (non-hydrogen) atoms. The number of rotatable bonds is 4. The Morgan fingerprint density at radius 3 is 2.14 bits per heavy atom. The van der Waals surface area contributed by atoms with Crippen molar-refractivity contribution >= 4 is 0 Å². The summed E-state index contributed by atoms with van der Waals surface area (Å²) in [6.45, 7) is 0.868. The Kier molecular flexibility index (Phi) is 12.1. The van der Waals surface area contributed by atoms with E-state index in [2.05, 4.69) is 5.32 Å². The molecule has 0 atom stereocenters. The van der Waals surface area contributed by atoms with Crippen molar-refractivity contribution in [3.05, 3.63) is 35.9 Å². The number of aliphatic hydroxyl groups is 2. The van der Waals surface area contributed by atoms with E-state index in [0.717, 1.165) is 5.56 Å². The fraction of sp³-hybridized carbons (Fsp3) is 0.333. The summed E-state index contributed by atoms with van der Waals surface area (Å²) >= 11 is 0. The van der Waals surface area contributed by atoms with E-state index >= 15 is 0 Å². The van der Waals surface area contributed by atoms with Crippen LogP contribution in [0.2, 0.25) is 0 Å². The van der Waals surface area contributed by atoms with Gasteiger partial charge in [-0.1, -0.05) is 30.3 Å². The van der Waals surface area contributed by atoms with E-state index in [1.54, 1.807) is 0 Å². The van der Waals surface area contributed by atoms with Gasteiger partial charge in [0.25, 0.3) is 0 Å². The quantitative estimate of drug-likeness (QED) is 0.480. The fourth-order valence-corrected chi connectivity index (χ4v) is 0.941. The van der Waals surface area contributed by atoms with Gasteiger partial charge in [0.05, 0.1) is 0 Å². The summed E-state index contributed by atoms with van der Waals surface area (Å²) in [6, 6.07) is 9.82. The van der Waals surface area contributed by atoms with Gasteiger partial charge >= 0.3 is 0 Å². The maximum absolute atomic E-state index is 8.52. The second kappa shape index (κ2) is 10.0. The van der Waals surface area contributed by atoms with Gasteiger partial charge in [-0.3, -0.25) is 0 Å². The van der Waals surface area contributed by atoms with Crippen molar-refractivity contribution < 1.29 is 52.3 Å². The van der Waals surface area contributed by atoms with Crippen molar-refractivity contribution in [2.45, 2.75) is 12.8 Å². The van der Waals surface area contributed by atoms with Crippen molar-refractivity contribution in [1.82, 2.24) is 5.32 Å². The minimum absolute atomic E-state index is 0. The van der Waals surface area contributed by atoms with Gasteiger partial charge < -0.3 is 15.5 Å². The zero-order valence-corrected chi connectivity index (χ0v) is 13.5. The van der Waals surface area contributed by atoms with Crippen molar-refractivity contribution in [1.29, 1.82) is 0 Å². The van der Waals surface area contributed by atoms with Crippen LogP contribution in [0.1, 0.15) is 5.56 Å². The first-order chi connectivity index (χ1) is 5.79. The normalized spacial score (nSPS) is 9.07. The van der Waals surface area contributed by atoms with E-state index < -0.39 is 6.29 Å². The van der Waals surface area contributed by atoms with Gasteiger partial charge in [0.2, 0.25) is 0 Å². The zero-order chi connectivity index (χ0) is 8.81. The molecule has 0 aliphatic carbocycles. The largest absolute Gasteiger partial charge is 0.367 e. The zero-order valence-electron chi connectivity index (χ0n) is 7.59. The van der Waals surface area contributed by atoms with E-state index in [-0.39, 0.29) is 48.7 Å². The van der Waals surface area contributed by atoms with Crippen LogP contribution in [0, 0.1) is 0 Å². The SMILES string of the molecule is OC(O)CNCc1ccccc1.[W].[W]. The molecule has 1 aromatic carbocycles. The maximum Gasteiger partial charge on any atom is 0.164 e. The van der Waals surface area contributed by atoms with E-state index in [9.17, 15) is 0 Å². The van der Waals surface area contributed by atoms with Gasteiger partial charge in [0, 0.05) is 55.2 Å². The molecule has 78 valence electrons. The molecule has 0 radical (unpaired) electrons. The van der Waals surface area contributed by atoms with Gasteiger partial charge in [-0.05, 0) is 5.56 Å². The van der Waals surface area contributed by atoms with Crippen LogP contribution >= 0.6 is 0 Å². The summed E-state index contributed by atoms with van der Waals surface area (Å²) in [6.07, 6.45) is -1.27. The van der Waals surface area contributed by atoms with E-state index in [1.807, 2.05) is 30.3 Å². The molecule has 0 unspecified atom stereocenters. The standard InChI is InChI=1S/C9H13NO2.2W/c11-9(12)7-10-6-8-4-2-1-3-5-8;;/h1-5,9-12H,6-7H2;;. The van der Waals surface area contributed by atoms with Crippen LogP contribution in [-0.4, -0.2) is 23.0 Å². The Morgan fingerprint density at radius 2 is 1.64 bits per heavy atom. The van der Waals surface area contributed by atoms with Gasteiger partial charge in [0.1, 0.15) is 0 Å². The number of hydrogen-bond acceptors (Lipinski definition) is 3. The predicted octanol–water partition coefficient (Wildman–Crippen LogP) is 0.0819. The Bertz CT molecular complexity index is 219. The third kappa shape index (κ3) is 7.84. The second-order valence-corrected chi connectivity index (χ2v) is 2.60. The van der Waals surface area contributed by atoms with Crippen LogP contribution < -0.4 is 5.32 Å². The van der Waals surface area contributed by atoms with Gasteiger partial charge in [-0.15, -0.1) is 0 Å². The molecule has 1 aromatic rings. The van der Waals surface area contributed by atoms with E-state index in [0.29, 0.717) is 6.54 Å². The Labute approximate surface area is 112 Å². The van der Waals surface area contributed by atoms with E-state index in [1.165, 1.54) is 0 Å². The average Bonchev–Trinajstić information content (AvgIpc) is 2.05. The van der Waals surface area contributed by atoms with Crippen LogP contribution in [0.15, 0.2) is 30.3 Å². The minimum Gasteiger partial charge on any atom is -0.367 e.